The fourth-order valence-corrected chi connectivity index (χ4v) is 4.03. The number of hydrogen-bond acceptors (Lipinski definition) is 4. The summed E-state index contributed by atoms with van der Waals surface area (Å²) in [4.78, 5) is 4.76. The number of ether oxygens (including phenoxy) is 1. The first-order valence-electron chi connectivity index (χ1n) is 9.14. The quantitative estimate of drug-likeness (QED) is 0.431. The zero-order chi connectivity index (χ0) is 18.6. The van der Waals surface area contributed by atoms with Crippen molar-refractivity contribution >= 4 is 27.2 Å². The number of nitrogens with one attached hydrogen (secondary N) is 1. The zero-order valence-corrected chi connectivity index (χ0v) is 16.3. The van der Waals surface area contributed by atoms with E-state index in [-0.39, 0.29) is 0 Å². The molecule has 4 heteroatoms. The minimum atomic E-state index is 0.693. The van der Waals surface area contributed by atoms with Gasteiger partial charge in [0.25, 0.3) is 0 Å². The summed E-state index contributed by atoms with van der Waals surface area (Å²) in [5, 5.41) is 4.53. The highest BCUT2D eigenvalue weighted by molar-refractivity contribution is 7.21. The Balaban J connectivity index is 1.43. The van der Waals surface area contributed by atoms with Gasteiger partial charge in [-0.25, -0.2) is 4.98 Å². The van der Waals surface area contributed by atoms with Crippen LogP contribution in [0, 0.1) is 6.92 Å². The van der Waals surface area contributed by atoms with Crippen LogP contribution in [0.3, 0.4) is 0 Å². The first kappa shape index (κ1) is 17.6. The lowest BCUT2D eigenvalue weighted by atomic mass is 10.2. The molecule has 0 saturated carbocycles. The first-order chi connectivity index (χ1) is 13.2. The molecule has 4 rings (SSSR count). The third kappa shape index (κ3) is 4.12. The fraction of sp³-hybridized carbons (Fsp3) is 0.174. The molecule has 3 nitrogen and oxygen atoms in total. The summed E-state index contributed by atoms with van der Waals surface area (Å²) in [5.74, 6) is 0.914. The molecule has 0 atom stereocenters. The van der Waals surface area contributed by atoms with Crippen LogP contribution in [0.5, 0.6) is 5.75 Å². The van der Waals surface area contributed by atoms with Gasteiger partial charge in [-0.1, -0.05) is 18.2 Å². The number of anilines is 1. The van der Waals surface area contributed by atoms with Gasteiger partial charge in [-0.2, -0.15) is 0 Å². The molecule has 0 unspecified atom stereocenters. The van der Waals surface area contributed by atoms with Crippen LogP contribution >= 0.6 is 11.3 Å². The van der Waals surface area contributed by atoms with Crippen molar-refractivity contribution in [2.45, 2.75) is 20.4 Å². The summed E-state index contributed by atoms with van der Waals surface area (Å²) in [7, 11) is 0. The van der Waals surface area contributed by atoms with E-state index in [1.54, 1.807) is 11.3 Å². The maximum Gasteiger partial charge on any atom is 0.124 e. The van der Waals surface area contributed by atoms with Crippen LogP contribution in [-0.4, -0.2) is 11.6 Å². The number of aryl methyl sites for hydroxylation is 1. The second-order valence-corrected chi connectivity index (χ2v) is 7.53. The highest BCUT2D eigenvalue weighted by atomic mass is 32.1. The summed E-state index contributed by atoms with van der Waals surface area (Å²) in [6.45, 7) is 5.59. The van der Waals surface area contributed by atoms with Crippen molar-refractivity contribution < 1.29 is 4.74 Å². The molecule has 0 amide bonds. The summed E-state index contributed by atoms with van der Waals surface area (Å²) in [6.07, 6.45) is 0. The average Bonchev–Trinajstić information content (AvgIpc) is 3.11. The second kappa shape index (κ2) is 7.80. The predicted molar refractivity (Wildman–Crippen MR) is 115 cm³/mol. The van der Waals surface area contributed by atoms with Gasteiger partial charge in [0, 0.05) is 17.8 Å². The van der Waals surface area contributed by atoms with E-state index in [9.17, 15) is 0 Å². The number of aromatic nitrogens is 1. The Kier molecular flexibility index (Phi) is 5.07. The normalized spacial score (nSPS) is 10.9. The van der Waals surface area contributed by atoms with Gasteiger partial charge in [0.15, 0.2) is 0 Å². The molecule has 136 valence electrons. The Bertz CT molecular complexity index is 1040. The van der Waals surface area contributed by atoms with E-state index in [1.165, 1.54) is 15.8 Å². The Hall–Kier alpha value is -2.85. The van der Waals surface area contributed by atoms with Crippen LogP contribution in [-0.2, 0) is 6.54 Å². The van der Waals surface area contributed by atoms with Crippen LogP contribution < -0.4 is 10.1 Å². The molecule has 0 aliphatic rings. The number of hydrogen-bond donors (Lipinski definition) is 1. The maximum absolute atomic E-state index is 5.48. The van der Waals surface area contributed by atoms with E-state index in [0.29, 0.717) is 6.61 Å². The lowest BCUT2D eigenvalue weighted by Crippen LogP contribution is -1.99. The standard InChI is InChI=1S/C23H22N2OS/c1-3-26-20-11-5-17(6-12-20)15-24-19-9-7-18(8-10-19)23-25-21-13-4-16(2)14-22(21)27-23/h4-14,24H,3,15H2,1-2H3. The molecule has 4 aromatic rings. The molecule has 1 N–H and O–H groups in total. The van der Waals surface area contributed by atoms with Crippen molar-refractivity contribution in [3.05, 3.63) is 77.9 Å². The summed E-state index contributed by atoms with van der Waals surface area (Å²) in [5.41, 5.74) is 5.82. The van der Waals surface area contributed by atoms with Crippen LogP contribution in [0.1, 0.15) is 18.1 Å². The van der Waals surface area contributed by atoms with Gasteiger partial charge in [0.1, 0.15) is 10.8 Å². The van der Waals surface area contributed by atoms with Gasteiger partial charge < -0.3 is 10.1 Å². The first-order valence-corrected chi connectivity index (χ1v) is 9.96. The van der Waals surface area contributed by atoms with Gasteiger partial charge in [0.05, 0.1) is 16.8 Å². The van der Waals surface area contributed by atoms with E-state index in [0.717, 1.165) is 34.1 Å². The van der Waals surface area contributed by atoms with Crippen LogP contribution in [0.2, 0.25) is 0 Å². The average molecular weight is 375 g/mol. The van der Waals surface area contributed by atoms with Crippen molar-refractivity contribution in [1.82, 2.24) is 4.98 Å². The third-order valence-electron chi connectivity index (χ3n) is 4.41. The predicted octanol–water partition coefficient (Wildman–Crippen LogP) is 6.28. The molecule has 0 aliphatic heterocycles. The maximum atomic E-state index is 5.48. The topological polar surface area (TPSA) is 34.1 Å². The Morgan fingerprint density at radius 2 is 1.74 bits per heavy atom. The number of thiazole rings is 1. The molecule has 3 aromatic carbocycles. The molecule has 27 heavy (non-hydrogen) atoms. The minimum absolute atomic E-state index is 0.693. The number of nitrogens with zero attached hydrogens (tertiary/aromatic N) is 1. The van der Waals surface area contributed by atoms with Gasteiger partial charge in [-0.15, -0.1) is 11.3 Å². The summed E-state index contributed by atoms with van der Waals surface area (Å²) in [6, 6.07) is 23.1. The lowest BCUT2D eigenvalue weighted by molar-refractivity contribution is 0.340. The number of fused-ring (bicyclic) bond motifs is 1. The molecule has 0 spiro atoms. The Labute approximate surface area is 163 Å². The molecule has 0 bridgehead atoms. The fourth-order valence-electron chi connectivity index (χ4n) is 2.96. The van der Waals surface area contributed by atoms with Crippen molar-refractivity contribution in [3.63, 3.8) is 0 Å². The van der Waals surface area contributed by atoms with Crippen LogP contribution in [0.4, 0.5) is 5.69 Å². The van der Waals surface area contributed by atoms with Gasteiger partial charge in [-0.3, -0.25) is 0 Å². The third-order valence-corrected chi connectivity index (χ3v) is 5.47. The van der Waals surface area contributed by atoms with E-state index < -0.39 is 0 Å². The molecule has 1 aromatic heterocycles. The van der Waals surface area contributed by atoms with Gasteiger partial charge in [0.2, 0.25) is 0 Å². The second-order valence-electron chi connectivity index (χ2n) is 6.50. The van der Waals surface area contributed by atoms with Crippen molar-refractivity contribution in [2.75, 3.05) is 11.9 Å². The molecule has 0 fully saturated rings. The summed E-state index contributed by atoms with van der Waals surface area (Å²) < 4.78 is 6.72. The van der Waals surface area contributed by atoms with Crippen molar-refractivity contribution in [1.29, 1.82) is 0 Å². The minimum Gasteiger partial charge on any atom is -0.494 e. The molecule has 0 saturated heterocycles. The zero-order valence-electron chi connectivity index (χ0n) is 15.5. The smallest absolute Gasteiger partial charge is 0.124 e. The molecular formula is C23H22N2OS. The molecule has 0 radical (unpaired) electrons. The van der Waals surface area contributed by atoms with E-state index in [4.69, 9.17) is 9.72 Å². The van der Waals surface area contributed by atoms with E-state index in [1.807, 2.05) is 19.1 Å². The Morgan fingerprint density at radius 3 is 2.48 bits per heavy atom. The van der Waals surface area contributed by atoms with Crippen LogP contribution in [0.25, 0.3) is 20.8 Å². The highest BCUT2D eigenvalue weighted by Crippen LogP contribution is 2.31. The van der Waals surface area contributed by atoms with E-state index in [2.05, 4.69) is 66.8 Å². The SMILES string of the molecule is CCOc1ccc(CNc2ccc(-c3nc4ccc(C)cc4s3)cc2)cc1. The lowest BCUT2D eigenvalue weighted by Gasteiger charge is -2.08. The van der Waals surface area contributed by atoms with E-state index >= 15 is 0 Å². The number of benzene rings is 3. The summed E-state index contributed by atoms with van der Waals surface area (Å²) >= 11 is 1.74. The van der Waals surface area contributed by atoms with Crippen molar-refractivity contribution in [3.8, 4) is 16.3 Å². The Morgan fingerprint density at radius 1 is 0.963 bits per heavy atom. The highest BCUT2D eigenvalue weighted by Gasteiger charge is 2.06. The monoisotopic (exact) mass is 374 g/mol. The van der Waals surface area contributed by atoms with Crippen LogP contribution in [0.15, 0.2) is 66.7 Å². The molecular weight excluding hydrogens is 352 g/mol. The van der Waals surface area contributed by atoms with Crippen molar-refractivity contribution in [2.24, 2.45) is 0 Å². The number of rotatable bonds is 6. The molecule has 0 aliphatic carbocycles. The van der Waals surface area contributed by atoms with Gasteiger partial charge >= 0.3 is 0 Å². The van der Waals surface area contributed by atoms with Gasteiger partial charge in [-0.05, 0) is 73.5 Å². The molecule has 1 heterocycles. The largest absolute Gasteiger partial charge is 0.494 e.